The Morgan fingerprint density at radius 2 is 2.18 bits per heavy atom. The normalized spacial score (nSPS) is 32.7. The van der Waals surface area contributed by atoms with Gasteiger partial charge >= 0.3 is 6.09 Å². The number of likely N-dealkylation sites (tertiary alicyclic amines) is 1. The highest BCUT2D eigenvalue weighted by Crippen LogP contribution is 2.48. The van der Waals surface area contributed by atoms with Gasteiger partial charge in [-0.25, -0.2) is 4.79 Å². The number of rotatable bonds is 2. The van der Waals surface area contributed by atoms with Gasteiger partial charge in [-0.2, -0.15) is 0 Å². The molecule has 3 unspecified atom stereocenters. The van der Waals surface area contributed by atoms with E-state index in [0.717, 1.165) is 31.3 Å². The van der Waals surface area contributed by atoms with E-state index in [9.17, 15) is 4.79 Å². The van der Waals surface area contributed by atoms with E-state index in [1.54, 1.807) is 0 Å². The van der Waals surface area contributed by atoms with Crippen molar-refractivity contribution in [1.29, 1.82) is 0 Å². The number of amides is 1. The molecule has 0 aromatic carbocycles. The molecule has 0 bridgehead atoms. The molecule has 0 aromatic rings. The highest BCUT2D eigenvalue weighted by Gasteiger charge is 2.45. The Balaban J connectivity index is 1.80. The van der Waals surface area contributed by atoms with Crippen LogP contribution in [0, 0.1) is 17.8 Å². The van der Waals surface area contributed by atoms with Gasteiger partial charge in [0.15, 0.2) is 0 Å². The highest BCUT2D eigenvalue weighted by molar-refractivity contribution is 6.18. The lowest BCUT2D eigenvalue weighted by molar-refractivity contribution is 0.0286. The van der Waals surface area contributed by atoms with Crippen LogP contribution in [-0.2, 0) is 4.74 Å². The summed E-state index contributed by atoms with van der Waals surface area (Å²) in [5, 5.41) is 0. The molecule has 2 fully saturated rings. The molecule has 2 aliphatic rings. The first-order valence-corrected chi connectivity index (χ1v) is 6.98. The fourth-order valence-corrected chi connectivity index (χ4v) is 3.01. The quantitative estimate of drug-likeness (QED) is 0.713. The third-order valence-corrected chi connectivity index (χ3v) is 4.05. The molecule has 4 heteroatoms. The van der Waals surface area contributed by atoms with Crippen LogP contribution in [0.5, 0.6) is 0 Å². The molecule has 1 aliphatic heterocycles. The van der Waals surface area contributed by atoms with Crippen molar-refractivity contribution in [3.8, 4) is 0 Å². The van der Waals surface area contributed by atoms with Crippen LogP contribution in [0.1, 0.15) is 33.6 Å². The molecule has 3 atom stereocenters. The van der Waals surface area contributed by atoms with Crippen LogP contribution in [0.2, 0.25) is 0 Å². The van der Waals surface area contributed by atoms with Crippen LogP contribution in [0.4, 0.5) is 4.79 Å². The minimum Gasteiger partial charge on any atom is -0.444 e. The summed E-state index contributed by atoms with van der Waals surface area (Å²) in [5.74, 6) is 2.86. The van der Waals surface area contributed by atoms with Gasteiger partial charge in [-0.3, -0.25) is 0 Å². The van der Waals surface area contributed by atoms with Gasteiger partial charge in [0.05, 0.1) is 0 Å². The minimum atomic E-state index is -0.395. The smallest absolute Gasteiger partial charge is 0.410 e. The molecule has 1 saturated heterocycles. The van der Waals surface area contributed by atoms with Gasteiger partial charge in [-0.1, -0.05) is 0 Å². The fraction of sp³-hybridized carbons (Fsp3) is 0.923. The first-order chi connectivity index (χ1) is 7.90. The topological polar surface area (TPSA) is 29.5 Å². The molecule has 98 valence electrons. The molecular weight excluding hydrogens is 238 g/mol. The van der Waals surface area contributed by atoms with E-state index in [4.69, 9.17) is 16.3 Å². The SMILES string of the molecule is CC(C)(C)OC(=O)N1CCC(C2CC2CCl)C1. The summed E-state index contributed by atoms with van der Waals surface area (Å²) in [5.41, 5.74) is -0.395. The van der Waals surface area contributed by atoms with Crippen molar-refractivity contribution < 1.29 is 9.53 Å². The van der Waals surface area contributed by atoms with E-state index in [2.05, 4.69) is 0 Å². The third kappa shape index (κ3) is 3.27. The Labute approximate surface area is 108 Å². The number of ether oxygens (including phenoxy) is 1. The number of alkyl halides is 1. The maximum atomic E-state index is 11.9. The Kier molecular flexibility index (Phi) is 3.58. The number of carbonyl (C=O) groups is 1. The van der Waals surface area contributed by atoms with Crippen LogP contribution < -0.4 is 0 Å². The number of hydrogen-bond donors (Lipinski definition) is 0. The molecule has 0 aromatic heterocycles. The lowest BCUT2D eigenvalue weighted by Crippen LogP contribution is -2.35. The molecule has 0 N–H and O–H groups in total. The summed E-state index contributed by atoms with van der Waals surface area (Å²) in [6, 6.07) is 0. The lowest BCUT2D eigenvalue weighted by atomic mass is 10.0. The lowest BCUT2D eigenvalue weighted by Gasteiger charge is -2.24. The number of hydrogen-bond acceptors (Lipinski definition) is 2. The largest absolute Gasteiger partial charge is 0.444 e. The molecule has 3 nitrogen and oxygen atoms in total. The van der Waals surface area contributed by atoms with Gasteiger partial charge in [-0.05, 0) is 51.4 Å². The standard InChI is InChI=1S/C13H22ClNO2/c1-13(2,3)17-12(16)15-5-4-9(8-15)11-6-10(11)7-14/h9-11H,4-8H2,1-3H3. The van der Waals surface area contributed by atoms with Crippen molar-refractivity contribution in [2.45, 2.75) is 39.2 Å². The summed E-state index contributed by atoms with van der Waals surface area (Å²) in [6.45, 7) is 7.41. The van der Waals surface area contributed by atoms with Gasteiger partial charge in [0, 0.05) is 19.0 Å². The predicted octanol–water partition coefficient (Wildman–Crippen LogP) is 3.12. The van der Waals surface area contributed by atoms with Crippen molar-refractivity contribution in [3.05, 3.63) is 0 Å². The number of carbonyl (C=O) groups excluding carboxylic acids is 1. The first kappa shape index (κ1) is 13.0. The zero-order valence-corrected chi connectivity index (χ0v) is 11.7. The Hall–Kier alpha value is -0.440. The maximum absolute atomic E-state index is 11.9. The van der Waals surface area contributed by atoms with Gasteiger partial charge in [0.1, 0.15) is 5.60 Å². The second-order valence-corrected chi connectivity index (χ2v) is 6.60. The highest BCUT2D eigenvalue weighted by atomic mass is 35.5. The molecule has 1 heterocycles. The van der Waals surface area contributed by atoms with Gasteiger partial charge in [0.2, 0.25) is 0 Å². The Bertz CT molecular complexity index is 300. The van der Waals surface area contributed by atoms with Crippen molar-refractivity contribution in [3.63, 3.8) is 0 Å². The Morgan fingerprint density at radius 3 is 2.71 bits per heavy atom. The first-order valence-electron chi connectivity index (χ1n) is 6.44. The maximum Gasteiger partial charge on any atom is 0.410 e. The summed E-state index contributed by atoms with van der Waals surface area (Å²) < 4.78 is 5.38. The molecule has 1 saturated carbocycles. The van der Waals surface area contributed by atoms with Gasteiger partial charge in [0.25, 0.3) is 0 Å². The van der Waals surface area contributed by atoms with E-state index in [-0.39, 0.29) is 6.09 Å². The summed E-state index contributed by atoms with van der Waals surface area (Å²) >= 11 is 5.85. The van der Waals surface area contributed by atoms with E-state index in [1.807, 2.05) is 25.7 Å². The summed E-state index contributed by atoms with van der Waals surface area (Å²) in [4.78, 5) is 13.7. The predicted molar refractivity (Wildman–Crippen MR) is 68.2 cm³/mol. The van der Waals surface area contributed by atoms with Crippen LogP contribution in [0.25, 0.3) is 0 Å². The molecular formula is C13H22ClNO2. The Morgan fingerprint density at radius 1 is 1.47 bits per heavy atom. The van der Waals surface area contributed by atoms with E-state index >= 15 is 0 Å². The van der Waals surface area contributed by atoms with E-state index in [1.165, 1.54) is 6.42 Å². The molecule has 0 radical (unpaired) electrons. The molecule has 1 amide bonds. The minimum absolute atomic E-state index is 0.164. The van der Waals surface area contributed by atoms with Crippen molar-refractivity contribution in [2.75, 3.05) is 19.0 Å². The zero-order valence-electron chi connectivity index (χ0n) is 10.9. The molecule has 17 heavy (non-hydrogen) atoms. The number of nitrogens with zero attached hydrogens (tertiary/aromatic N) is 1. The van der Waals surface area contributed by atoms with Crippen LogP contribution in [0.3, 0.4) is 0 Å². The van der Waals surface area contributed by atoms with Crippen LogP contribution in [0.15, 0.2) is 0 Å². The monoisotopic (exact) mass is 259 g/mol. The number of halogens is 1. The average Bonchev–Trinajstić information content (AvgIpc) is 2.83. The van der Waals surface area contributed by atoms with Gasteiger partial charge < -0.3 is 9.64 Å². The second-order valence-electron chi connectivity index (χ2n) is 6.29. The van der Waals surface area contributed by atoms with Gasteiger partial charge in [-0.15, -0.1) is 11.6 Å². The third-order valence-electron chi connectivity index (χ3n) is 3.66. The molecule has 0 spiro atoms. The van der Waals surface area contributed by atoms with Crippen LogP contribution >= 0.6 is 11.6 Å². The van der Waals surface area contributed by atoms with E-state index < -0.39 is 5.60 Å². The fourth-order valence-electron chi connectivity index (χ4n) is 2.65. The summed E-state index contributed by atoms with van der Waals surface area (Å²) in [6.07, 6.45) is 2.19. The van der Waals surface area contributed by atoms with Crippen molar-refractivity contribution >= 4 is 17.7 Å². The van der Waals surface area contributed by atoms with Crippen LogP contribution in [-0.4, -0.2) is 35.6 Å². The average molecular weight is 260 g/mol. The van der Waals surface area contributed by atoms with Crippen molar-refractivity contribution in [2.24, 2.45) is 17.8 Å². The zero-order chi connectivity index (χ0) is 12.6. The van der Waals surface area contributed by atoms with E-state index in [0.29, 0.717) is 11.8 Å². The summed E-state index contributed by atoms with van der Waals surface area (Å²) in [7, 11) is 0. The molecule has 1 aliphatic carbocycles. The second kappa shape index (κ2) is 4.68. The molecule has 2 rings (SSSR count). The van der Waals surface area contributed by atoms with Crippen molar-refractivity contribution in [1.82, 2.24) is 4.90 Å².